The number of pyridine rings is 1. The van der Waals surface area contributed by atoms with E-state index >= 15 is 0 Å². The van der Waals surface area contributed by atoms with Gasteiger partial charge in [0.1, 0.15) is 0 Å². The second-order valence-corrected chi connectivity index (χ2v) is 7.35. The molecule has 0 unspecified atom stereocenters. The maximum Gasteiger partial charge on any atom is 0.280 e. The zero-order chi connectivity index (χ0) is 19.7. The highest BCUT2D eigenvalue weighted by atomic mass is 16.5. The van der Waals surface area contributed by atoms with E-state index in [9.17, 15) is 9.59 Å². The van der Waals surface area contributed by atoms with E-state index < -0.39 is 0 Å². The van der Waals surface area contributed by atoms with Crippen LogP contribution in [0.5, 0.6) is 0 Å². The van der Waals surface area contributed by atoms with Gasteiger partial charge in [-0.1, -0.05) is 18.2 Å². The van der Waals surface area contributed by atoms with Crippen LogP contribution in [-0.2, 0) is 11.3 Å². The molecule has 3 heterocycles. The number of para-hydroxylation sites is 1. The number of benzene rings is 1. The smallest absolute Gasteiger partial charge is 0.280 e. The van der Waals surface area contributed by atoms with Crippen LogP contribution in [0.1, 0.15) is 17.7 Å². The first-order valence-electron chi connectivity index (χ1n) is 9.77. The zero-order valence-corrected chi connectivity index (χ0v) is 16.4. The van der Waals surface area contributed by atoms with E-state index in [1.807, 2.05) is 38.1 Å². The van der Waals surface area contributed by atoms with E-state index in [0.717, 1.165) is 56.2 Å². The van der Waals surface area contributed by atoms with E-state index in [1.165, 1.54) is 10.7 Å². The third kappa shape index (κ3) is 3.43. The molecule has 7 heteroatoms. The van der Waals surface area contributed by atoms with Crippen LogP contribution in [0.15, 0.2) is 39.9 Å². The average molecular weight is 382 g/mol. The summed E-state index contributed by atoms with van der Waals surface area (Å²) in [7, 11) is 0. The highest BCUT2D eigenvalue weighted by molar-refractivity contribution is 5.80. The Morgan fingerprint density at radius 3 is 2.57 bits per heavy atom. The number of rotatable bonds is 5. The number of H-pyrrole nitrogens is 1. The third-order valence-corrected chi connectivity index (χ3v) is 5.54. The van der Waals surface area contributed by atoms with Gasteiger partial charge in [-0.2, -0.15) is 0 Å². The number of morpholine rings is 1. The van der Waals surface area contributed by atoms with Gasteiger partial charge in [0.05, 0.1) is 29.8 Å². The Balaban J connectivity index is 1.66. The number of aryl methyl sites for hydroxylation is 2. The molecule has 1 fully saturated rings. The number of nitrogens with zero attached hydrogens (tertiary/aromatic N) is 3. The van der Waals surface area contributed by atoms with Crippen molar-refractivity contribution in [2.24, 2.45) is 0 Å². The molecule has 0 amide bonds. The summed E-state index contributed by atoms with van der Waals surface area (Å²) in [5.74, 6) is 0. The maximum absolute atomic E-state index is 13.1. The van der Waals surface area contributed by atoms with Crippen molar-refractivity contribution in [2.75, 3.05) is 32.8 Å². The predicted octanol–water partition coefficient (Wildman–Crippen LogP) is 1.82. The molecule has 1 aromatic carbocycles. The van der Waals surface area contributed by atoms with Gasteiger partial charge in [-0.3, -0.25) is 19.6 Å². The quantitative estimate of drug-likeness (QED) is 0.731. The number of fused-ring (bicyclic) bond motifs is 1. The van der Waals surface area contributed by atoms with Crippen LogP contribution in [0.4, 0.5) is 0 Å². The van der Waals surface area contributed by atoms with Crippen LogP contribution in [0.25, 0.3) is 16.6 Å². The predicted molar refractivity (Wildman–Crippen MR) is 110 cm³/mol. The van der Waals surface area contributed by atoms with Crippen LogP contribution in [0.2, 0.25) is 0 Å². The number of ether oxygens (including phenoxy) is 1. The molecule has 1 aliphatic heterocycles. The molecule has 0 bridgehead atoms. The Kier molecular flexibility index (Phi) is 5.19. The second-order valence-electron chi connectivity index (χ2n) is 7.35. The summed E-state index contributed by atoms with van der Waals surface area (Å²) < 4.78 is 8.63. The van der Waals surface area contributed by atoms with E-state index in [-0.39, 0.29) is 11.1 Å². The SMILES string of the molecule is Cc1ccccc1-n1[nH]c2cc(=O)n(CCCN3CCOCC3)c(C)c2c1=O. The van der Waals surface area contributed by atoms with E-state index in [0.29, 0.717) is 17.4 Å². The molecule has 0 spiro atoms. The number of nitrogens with one attached hydrogen (secondary N) is 1. The van der Waals surface area contributed by atoms with Crippen molar-refractivity contribution in [3.63, 3.8) is 0 Å². The summed E-state index contributed by atoms with van der Waals surface area (Å²) in [6.07, 6.45) is 0.864. The van der Waals surface area contributed by atoms with E-state index in [2.05, 4.69) is 10.00 Å². The lowest BCUT2D eigenvalue weighted by Crippen LogP contribution is -2.37. The fourth-order valence-electron chi connectivity index (χ4n) is 3.95. The molecular formula is C21H26N4O3. The first-order valence-corrected chi connectivity index (χ1v) is 9.77. The van der Waals surface area contributed by atoms with E-state index in [1.54, 1.807) is 4.57 Å². The Hall–Kier alpha value is -2.64. The lowest BCUT2D eigenvalue weighted by atomic mass is 10.2. The Labute approximate surface area is 163 Å². The standard InChI is InChI=1S/C21H26N4O3/c1-15-6-3-4-7-18(15)25-21(27)20-16(2)24(19(26)14-17(20)22-25)9-5-8-23-10-12-28-13-11-23/h3-4,6-7,14,22H,5,8-13H2,1-2H3. The highest BCUT2D eigenvalue weighted by Gasteiger charge is 2.16. The molecule has 2 aromatic heterocycles. The molecule has 0 aliphatic carbocycles. The molecule has 28 heavy (non-hydrogen) atoms. The lowest BCUT2D eigenvalue weighted by Gasteiger charge is -2.26. The van der Waals surface area contributed by atoms with Crippen LogP contribution < -0.4 is 11.1 Å². The van der Waals surface area contributed by atoms with Crippen molar-refractivity contribution < 1.29 is 4.74 Å². The first kappa shape index (κ1) is 18.7. The van der Waals surface area contributed by atoms with Gasteiger partial charge in [0.25, 0.3) is 11.1 Å². The summed E-state index contributed by atoms with van der Waals surface area (Å²) in [6.45, 7) is 8.76. The molecule has 0 atom stereocenters. The van der Waals surface area contributed by atoms with Crippen molar-refractivity contribution in [1.29, 1.82) is 0 Å². The van der Waals surface area contributed by atoms with Gasteiger partial charge in [-0.15, -0.1) is 0 Å². The normalized spacial score (nSPS) is 15.4. The maximum atomic E-state index is 13.1. The summed E-state index contributed by atoms with van der Waals surface area (Å²) in [5.41, 5.74) is 2.90. The number of hydrogen-bond donors (Lipinski definition) is 1. The van der Waals surface area contributed by atoms with Gasteiger partial charge < -0.3 is 9.30 Å². The molecule has 1 N–H and O–H groups in total. The van der Waals surface area contributed by atoms with E-state index in [4.69, 9.17) is 4.74 Å². The van der Waals surface area contributed by atoms with Crippen LogP contribution in [0.3, 0.4) is 0 Å². The Morgan fingerprint density at radius 1 is 1.07 bits per heavy atom. The minimum absolute atomic E-state index is 0.0786. The Morgan fingerprint density at radius 2 is 1.82 bits per heavy atom. The van der Waals surface area contributed by atoms with Gasteiger partial charge in [-0.25, -0.2) is 4.68 Å². The molecule has 148 valence electrons. The van der Waals surface area contributed by atoms with Crippen LogP contribution in [0, 0.1) is 13.8 Å². The summed E-state index contributed by atoms with van der Waals surface area (Å²) in [4.78, 5) is 28.1. The van der Waals surface area contributed by atoms with Gasteiger partial charge in [0, 0.05) is 37.9 Å². The minimum atomic E-state index is -0.122. The monoisotopic (exact) mass is 382 g/mol. The van der Waals surface area contributed by atoms with Gasteiger partial charge in [0.15, 0.2) is 0 Å². The number of aromatic amines is 1. The Bertz CT molecular complexity index is 1100. The number of hydrogen-bond acceptors (Lipinski definition) is 4. The molecule has 4 rings (SSSR count). The topological polar surface area (TPSA) is 72.3 Å². The molecule has 0 saturated carbocycles. The van der Waals surface area contributed by atoms with Crippen molar-refractivity contribution in [2.45, 2.75) is 26.8 Å². The number of aromatic nitrogens is 3. The molecule has 1 aliphatic rings. The summed E-state index contributed by atoms with van der Waals surface area (Å²) >= 11 is 0. The fourth-order valence-corrected chi connectivity index (χ4v) is 3.95. The lowest BCUT2D eigenvalue weighted by molar-refractivity contribution is 0.0369. The van der Waals surface area contributed by atoms with Crippen molar-refractivity contribution >= 4 is 10.9 Å². The fraction of sp³-hybridized carbons (Fsp3) is 0.429. The molecule has 7 nitrogen and oxygen atoms in total. The van der Waals surface area contributed by atoms with Crippen molar-refractivity contribution in [3.05, 3.63) is 62.3 Å². The zero-order valence-electron chi connectivity index (χ0n) is 16.4. The second kappa shape index (κ2) is 7.77. The van der Waals surface area contributed by atoms with Gasteiger partial charge in [-0.05, 0) is 31.9 Å². The highest BCUT2D eigenvalue weighted by Crippen LogP contribution is 2.16. The van der Waals surface area contributed by atoms with Crippen molar-refractivity contribution in [3.8, 4) is 5.69 Å². The summed E-state index contributed by atoms with van der Waals surface area (Å²) in [6, 6.07) is 9.24. The van der Waals surface area contributed by atoms with Crippen LogP contribution >= 0.6 is 0 Å². The average Bonchev–Trinajstić information content (AvgIpc) is 3.01. The first-order chi connectivity index (χ1) is 13.6. The van der Waals surface area contributed by atoms with Crippen LogP contribution in [-0.4, -0.2) is 52.1 Å². The minimum Gasteiger partial charge on any atom is -0.379 e. The third-order valence-electron chi connectivity index (χ3n) is 5.54. The van der Waals surface area contributed by atoms with Gasteiger partial charge in [0.2, 0.25) is 0 Å². The summed E-state index contributed by atoms with van der Waals surface area (Å²) in [5, 5.41) is 3.68. The molecule has 3 aromatic rings. The van der Waals surface area contributed by atoms with Crippen molar-refractivity contribution in [1.82, 2.24) is 19.2 Å². The molecule has 1 saturated heterocycles. The largest absolute Gasteiger partial charge is 0.379 e. The van der Waals surface area contributed by atoms with Gasteiger partial charge >= 0.3 is 0 Å². The molecule has 0 radical (unpaired) electrons. The molecular weight excluding hydrogens is 356 g/mol.